The zero-order valence-electron chi connectivity index (χ0n) is 17.0. The van der Waals surface area contributed by atoms with Gasteiger partial charge in [0.2, 0.25) is 0 Å². The third kappa shape index (κ3) is 5.33. The van der Waals surface area contributed by atoms with Crippen molar-refractivity contribution in [3.8, 4) is 0 Å². The van der Waals surface area contributed by atoms with Crippen molar-refractivity contribution in [2.75, 3.05) is 58.7 Å². The number of sulfone groups is 1. The SMILES string of the molecule is CN=C(NCC(CC(C)C)N1CCOCC1)N1CCS(=O)(=O)C(C)(C)C1. The van der Waals surface area contributed by atoms with Crippen LogP contribution in [0.4, 0.5) is 0 Å². The molecule has 2 fully saturated rings. The highest BCUT2D eigenvalue weighted by Gasteiger charge is 2.41. The van der Waals surface area contributed by atoms with Gasteiger partial charge in [0.05, 0.1) is 23.7 Å². The molecule has 0 aliphatic carbocycles. The second-order valence-corrected chi connectivity index (χ2v) is 11.1. The minimum Gasteiger partial charge on any atom is -0.379 e. The lowest BCUT2D eigenvalue weighted by molar-refractivity contribution is 0.0131. The molecule has 26 heavy (non-hydrogen) atoms. The molecule has 0 amide bonds. The van der Waals surface area contributed by atoms with Gasteiger partial charge >= 0.3 is 0 Å². The van der Waals surface area contributed by atoms with Crippen molar-refractivity contribution in [2.45, 2.75) is 44.9 Å². The molecule has 1 unspecified atom stereocenters. The van der Waals surface area contributed by atoms with Gasteiger partial charge in [-0.3, -0.25) is 9.89 Å². The van der Waals surface area contributed by atoms with Gasteiger partial charge in [0, 0.05) is 45.8 Å². The van der Waals surface area contributed by atoms with E-state index < -0.39 is 14.6 Å². The van der Waals surface area contributed by atoms with E-state index in [1.165, 1.54) is 0 Å². The lowest BCUT2D eigenvalue weighted by Gasteiger charge is -2.40. The van der Waals surface area contributed by atoms with E-state index in [0.29, 0.717) is 25.0 Å². The molecule has 0 bridgehead atoms. The van der Waals surface area contributed by atoms with Crippen LogP contribution in [-0.2, 0) is 14.6 Å². The third-order valence-corrected chi connectivity index (χ3v) is 7.89. The van der Waals surface area contributed by atoms with Crippen LogP contribution >= 0.6 is 0 Å². The Bertz CT molecular complexity index is 583. The Morgan fingerprint density at radius 2 is 1.88 bits per heavy atom. The number of nitrogens with one attached hydrogen (secondary N) is 1. The second kappa shape index (κ2) is 8.89. The van der Waals surface area contributed by atoms with Gasteiger partial charge in [-0.1, -0.05) is 13.8 Å². The summed E-state index contributed by atoms with van der Waals surface area (Å²) in [5, 5.41) is 3.51. The Hall–Kier alpha value is -0.860. The second-order valence-electron chi connectivity index (χ2n) is 8.36. The zero-order chi connectivity index (χ0) is 19.4. The highest BCUT2D eigenvalue weighted by Crippen LogP contribution is 2.23. The normalized spacial score (nSPS) is 25.3. The lowest BCUT2D eigenvalue weighted by atomic mass is 10.0. The first-order valence-corrected chi connectivity index (χ1v) is 11.3. The molecule has 0 aromatic rings. The van der Waals surface area contributed by atoms with Crippen LogP contribution in [0.25, 0.3) is 0 Å². The maximum absolute atomic E-state index is 12.2. The molecule has 0 radical (unpaired) electrons. The molecule has 7 nitrogen and oxygen atoms in total. The predicted molar refractivity (Wildman–Crippen MR) is 106 cm³/mol. The summed E-state index contributed by atoms with van der Waals surface area (Å²) in [6, 6.07) is 0.428. The summed E-state index contributed by atoms with van der Waals surface area (Å²) in [6.07, 6.45) is 1.11. The molecule has 0 spiro atoms. The lowest BCUT2D eigenvalue weighted by Crippen LogP contribution is -2.58. The smallest absolute Gasteiger partial charge is 0.193 e. The van der Waals surface area contributed by atoms with Crippen molar-refractivity contribution < 1.29 is 13.2 Å². The van der Waals surface area contributed by atoms with Crippen molar-refractivity contribution in [2.24, 2.45) is 10.9 Å². The van der Waals surface area contributed by atoms with Gasteiger partial charge in [-0.2, -0.15) is 0 Å². The fourth-order valence-electron chi connectivity index (χ4n) is 3.71. The third-order valence-electron chi connectivity index (χ3n) is 5.36. The van der Waals surface area contributed by atoms with Crippen LogP contribution in [0.1, 0.15) is 34.1 Å². The van der Waals surface area contributed by atoms with E-state index in [2.05, 4.69) is 34.0 Å². The van der Waals surface area contributed by atoms with Crippen LogP contribution < -0.4 is 5.32 Å². The average molecular weight is 389 g/mol. The fraction of sp³-hybridized carbons (Fsp3) is 0.944. The van der Waals surface area contributed by atoms with Crippen molar-refractivity contribution in [3.63, 3.8) is 0 Å². The predicted octanol–water partition coefficient (Wildman–Crippen LogP) is 0.818. The number of morpholine rings is 1. The highest BCUT2D eigenvalue weighted by molar-refractivity contribution is 7.92. The molecular formula is C18H36N4O3S. The number of guanidine groups is 1. The summed E-state index contributed by atoms with van der Waals surface area (Å²) >= 11 is 0. The fourth-order valence-corrected chi connectivity index (χ4v) is 5.08. The molecule has 1 N–H and O–H groups in total. The van der Waals surface area contributed by atoms with Crippen LogP contribution in [0, 0.1) is 5.92 Å². The quantitative estimate of drug-likeness (QED) is 0.555. The first-order chi connectivity index (χ1) is 12.2. The Labute approximate surface area is 159 Å². The van der Waals surface area contributed by atoms with Crippen LogP contribution in [0.15, 0.2) is 4.99 Å². The topological polar surface area (TPSA) is 74.2 Å². The summed E-state index contributed by atoms with van der Waals surface area (Å²) in [4.78, 5) is 8.99. The first-order valence-electron chi connectivity index (χ1n) is 9.66. The van der Waals surface area contributed by atoms with E-state index in [1.807, 2.05) is 0 Å². The van der Waals surface area contributed by atoms with Crippen molar-refractivity contribution in [1.82, 2.24) is 15.1 Å². The molecule has 0 aromatic heterocycles. The summed E-state index contributed by atoms with van der Waals surface area (Å²) in [5.41, 5.74) is 0. The molecule has 0 aromatic carbocycles. The molecule has 1 atom stereocenters. The number of aliphatic imine (C=N–C) groups is 1. The van der Waals surface area contributed by atoms with Gasteiger partial charge < -0.3 is 15.0 Å². The maximum Gasteiger partial charge on any atom is 0.193 e. The molecule has 2 saturated heterocycles. The Morgan fingerprint density at radius 1 is 1.23 bits per heavy atom. The molecule has 2 aliphatic rings. The van der Waals surface area contributed by atoms with E-state index in [9.17, 15) is 8.42 Å². The number of nitrogens with zero attached hydrogens (tertiary/aromatic N) is 3. The highest BCUT2D eigenvalue weighted by atomic mass is 32.2. The van der Waals surface area contributed by atoms with Crippen molar-refractivity contribution >= 4 is 15.8 Å². The van der Waals surface area contributed by atoms with E-state index in [4.69, 9.17) is 4.74 Å². The van der Waals surface area contributed by atoms with Crippen molar-refractivity contribution in [3.05, 3.63) is 0 Å². The molecule has 0 saturated carbocycles. The van der Waals surface area contributed by atoms with Crippen LogP contribution in [0.3, 0.4) is 0 Å². The largest absolute Gasteiger partial charge is 0.379 e. The van der Waals surface area contributed by atoms with E-state index in [0.717, 1.165) is 45.2 Å². The van der Waals surface area contributed by atoms with Gasteiger partial charge in [-0.15, -0.1) is 0 Å². The number of rotatable bonds is 5. The molecule has 152 valence electrons. The Kier molecular flexibility index (Phi) is 7.33. The monoisotopic (exact) mass is 388 g/mol. The standard InChI is InChI=1S/C18H36N4O3S/c1-15(2)12-16(21-6-9-25-10-7-21)13-20-17(19-5)22-8-11-26(23,24)18(3,4)14-22/h15-16H,6-14H2,1-5H3,(H,19,20). The molecule has 8 heteroatoms. The van der Waals surface area contributed by atoms with Crippen LogP contribution in [-0.4, -0.2) is 93.7 Å². The Morgan fingerprint density at radius 3 is 2.42 bits per heavy atom. The number of hydrogen-bond donors (Lipinski definition) is 1. The van der Waals surface area contributed by atoms with Crippen LogP contribution in [0.5, 0.6) is 0 Å². The first kappa shape index (κ1) is 21.4. The van der Waals surface area contributed by atoms with E-state index in [1.54, 1.807) is 20.9 Å². The molecular weight excluding hydrogens is 352 g/mol. The summed E-state index contributed by atoms with van der Waals surface area (Å²) in [7, 11) is -1.28. The van der Waals surface area contributed by atoms with Crippen LogP contribution in [0.2, 0.25) is 0 Å². The molecule has 2 aliphatic heterocycles. The zero-order valence-corrected chi connectivity index (χ0v) is 17.8. The average Bonchev–Trinajstić information content (AvgIpc) is 2.58. The maximum atomic E-state index is 12.2. The summed E-state index contributed by atoms with van der Waals surface area (Å²) < 4.78 is 29.2. The van der Waals surface area contributed by atoms with E-state index in [-0.39, 0.29) is 5.75 Å². The van der Waals surface area contributed by atoms with Gasteiger partial charge in [0.15, 0.2) is 15.8 Å². The summed E-state index contributed by atoms with van der Waals surface area (Å²) in [5.74, 6) is 1.60. The minimum absolute atomic E-state index is 0.180. The Balaban J connectivity index is 1.99. The summed E-state index contributed by atoms with van der Waals surface area (Å²) in [6.45, 7) is 13.4. The van der Waals surface area contributed by atoms with Gasteiger partial charge in [0.1, 0.15) is 0 Å². The van der Waals surface area contributed by atoms with E-state index >= 15 is 0 Å². The van der Waals surface area contributed by atoms with Gasteiger partial charge in [-0.05, 0) is 26.2 Å². The van der Waals surface area contributed by atoms with Gasteiger partial charge in [-0.25, -0.2) is 8.42 Å². The molecule has 2 rings (SSSR count). The minimum atomic E-state index is -3.05. The number of hydrogen-bond acceptors (Lipinski definition) is 5. The number of ether oxygens (including phenoxy) is 1. The van der Waals surface area contributed by atoms with Crippen molar-refractivity contribution in [1.29, 1.82) is 0 Å². The van der Waals surface area contributed by atoms with Gasteiger partial charge in [0.25, 0.3) is 0 Å². The molecule has 2 heterocycles.